The molecule has 0 radical (unpaired) electrons. The van der Waals surface area contributed by atoms with Crippen molar-refractivity contribution in [3.63, 3.8) is 0 Å². The molecule has 5 heteroatoms. The molecule has 0 aliphatic carbocycles. The van der Waals surface area contributed by atoms with Gasteiger partial charge in [-0.2, -0.15) is 0 Å². The summed E-state index contributed by atoms with van der Waals surface area (Å²) in [5.74, 6) is 0.801. The van der Waals surface area contributed by atoms with Gasteiger partial charge in [-0.25, -0.2) is 4.98 Å². The Bertz CT molecular complexity index is 510. The molecule has 0 aliphatic heterocycles. The van der Waals surface area contributed by atoms with Crippen molar-refractivity contribution in [1.82, 2.24) is 9.55 Å². The molecule has 0 amide bonds. The van der Waals surface area contributed by atoms with Crippen LogP contribution in [0.15, 0.2) is 35.2 Å². The maximum Gasteiger partial charge on any atom is 0.135 e. The van der Waals surface area contributed by atoms with Gasteiger partial charge in [0.1, 0.15) is 5.75 Å². The Morgan fingerprint density at radius 3 is 3.00 bits per heavy atom. The average molecular weight is 296 g/mol. The number of nitrogens with two attached hydrogens (primary N) is 1. The van der Waals surface area contributed by atoms with Crippen molar-refractivity contribution in [1.29, 1.82) is 0 Å². The summed E-state index contributed by atoms with van der Waals surface area (Å²) >= 11 is 3.43. The van der Waals surface area contributed by atoms with Crippen LogP contribution in [0, 0.1) is 0 Å². The second kappa shape index (κ2) is 5.33. The van der Waals surface area contributed by atoms with E-state index >= 15 is 0 Å². The van der Waals surface area contributed by atoms with Crippen molar-refractivity contribution in [3.05, 3.63) is 40.9 Å². The molecule has 0 bridgehead atoms. The highest BCUT2D eigenvalue weighted by Gasteiger charge is 2.06. The van der Waals surface area contributed by atoms with E-state index in [0.29, 0.717) is 6.54 Å². The number of hydrogen-bond acceptors (Lipinski definition) is 3. The first kappa shape index (κ1) is 12.1. The van der Waals surface area contributed by atoms with Crippen molar-refractivity contribution in [2.45, 2.75) is 6.42 Å². The number of imidazole rings is 1. The van der Waals surface area contributed by atoms with Gasteiger partial charge in [0.05, 0.1) is 23.6 Å². The van der Waals surface area contributed by atoms with Gasteiger partial charge < -0.3 is 15.0 Å². The summed E-state index contributed by atoms with van der Waals surface area (Å²) in [5.41, 5.74) is 7.69. The van der Waals surface area contributed by atoms with E-state index in [1.807, 2.05) is 29.0 Å². The quantitative estimate of drug-likeness (QED) is 0.940. The molecule has 0 unspecified atom stereocenters. The van der Waals surface area contributed by atoms with Gasteiger partial charge in [-0.1, -0.05) is 0 Å². The van der Waals surface area contributed by atoms with Gasteiger partial charge >= 0.3 is 0 Å². The molecule has 1 aromatic carbocycles. The van der Waals surface area contributed by atoms with E-state index in [1.165, 1.54) is 0 Å². The van der Waals surface area contributed by atoms with E-state index in [1.54, 1.807) is 13.4 Å². The van der Waals surface area contributed by atoms with Crippen LogP contribution in [0.4, 0.5) is 0 Å². The summed E-state index contributed by atoms with van der Waals surface area (Å²) in [6.07, 6.45) is 4.42. The van der Waals surface area contributed by atoms with E-state index in [-0.39, 0.29) is 0 Å². The first-order valence-corrected chi connectivity index (χ1v) is 6.10. The number of benzene rings is 1. The van der Waals surface area contributed by atoms with Crippen LogP contribution < -0.4 is 10.5 Å². The van der Waals surface area contributed by atoms with E-state index < -0.39 is 0 Å². The van der Waals surface area contributed by atoms with Gasteiger partial charge in [-0.05, 0) is 34.6 Å². The number of rotatable bonds is 4. The molecule has 0 fully saturated rings. The zero-order chi connectivity index (χ0) is 12.3. The number of aromatic nitrogens is 2. The summed E-state index contributed by atoms with van der Waals surface area (Å²) in [6, 6.07) is 5.93. The lowest BCUT2D eigenvalue weighted by Gasteiger charge is -2.10. The van der Waals surface area contributed by atoms with Crippen LogP contribution in [0.3, 0.4) is 0 Å². The Labute approximate surface area is 109 Å². The third kappa shape index (κ3) is 2.50. The molecule has 0 atom stereocenters. The Morgan fingerprint density at radius 2 is 2.29 bits per heavy atom. The molecule has 1 heterocycles. The van der Waals surface area contributed by atoms with Crippen LogP contribution in [0.2, 0.25) is 0 Å². The maximum absolute atomic E-state index is 5.57. The van der Waals surface area contributed by atoms with E-state index in [2.05, 4.69) is 20.9 Å². The molecule has 2 rings (SSSR count). The van der Waals surface area contributed by atoms with Crippen molar-refractivity contribution in [3.8, 4) is 11.4 Å². The first-order chi connectivity index (χ1) is 8.26. The molecule has 90 valence electrons. The van der Waals surface area contributed by atoms with Crippen LogP contribution in [0.5, 0.6) is 5.75 Å². The monoisotopic (exact) mass is 295 g/mol. The smallest absolute Gasteiger partial charge is 0.135 e. The molecule has 1 aromatic heterocycles. The molecule has 2 aromatic rings. The zero-order valence-corrected chi connectivity index (χ0v) is 11.1. The third-order valence-electron chi connectivity index (χ3n) is 2.53. The molecule has 2 N–H and O–H groups in total. The predicted molar refractivity (Wildman–Crippen MR) is 70.6 cm³/mol. The van der Waals surface area contributed by atoms with Crippen LogP contribution in [0.25, 0.3) is 5.69 Å². The fourth-order valence-corrected chi connectivity index (χ4v) is 2.09. The number of ether oxygens (including phenoxy) is 1. The van der Waals surface area contributed by atoms with Gasteiger partial charge in [0.2, 0.25) is 0 Å². The van der Waals surface area contributed by atoms with Crippen molar-refractivity contribution in [2.24, 2.45) is 5.73 Å². The van der Waals surface area contributed by atoms with Gasteiger partial charge in [-0.3, -0.25) is 0 Å². The maximum atomic E-state index is 5.57. The van der Waals surface area contributed by atoms with Gasteiger partial charge in [0.15, 0.2) is 0 Å². The summed E-state index contributed by atoms with van der Waals surface area (Å²) in [5, 5.41) is 0. The van der Waals surface area contributed by atoms with E-state index in [4.69, 9.17) is 10.5 Å². The highest BCUT2D eigenvalue weighted by molar-refractivity contribution is 9.10. The SMILES string of the molecule is COc1cc(-n2cncc2CCN)ccc1Br. The first-order valence-electron chi connectivity index (χ1n) is 5.31. The topological polar surface area (TPSA) is 53.1 Å². The summed E-state index contributed by atoms with van der Waals surface area (Å²) in [4.78, 5) is 4.15. The summed E-state index contributed by atoms with van der Waals surface area (Å²) in [7, 11) is 1.65. The minimum Gasteiger partial charge on any atom is -0.495 e. The second-order valence-corrected chi connectivity index (χ2v) is 4.47. The molecule has 0 saturated carbocycles. The highest BCUT2D eigenvalue weighted by atomic mass is 79.9. The highest BCUT2D eigenvalue weighted by Crippen LogP contribution is 2.27. The van der Waals surface area contributed by atoms with Crippen LogP contribution >= 0.6 is 15.9 Å². The Kier molecular flexibility index (Phi) is 3.81. The number of halogens is 1. The van der Waals surface area contributed by atoms with E-state index in [9.17, 15) is 0 Å². The third-order valence-corrected chi connectivity index (χ3v) is 3.18. The fourth-order valence-electron chi connectivity index (χ4n) is 1.69. The standard InChI is InChI=1S/C12H14BrN3O/c1-17-12-6-9(2-3-11(12)13)16-8-15-7-10(16)4-5-14/h2-3,6-8H,4-5,14H2,1H3. The molecule has 0 spiro atoms. The largest absolute Gasteiger partial charge is 0.495 e. The minimum absolute atomic E-state index is 0.610. The van der Waals surface area contributed by atoms with Crippen molar-refractivity contribution >= 4 is 15.9 Å². The predicted octanol–water partition coefficient (Wildman–Crippen LogP) is 2.14. The summed E-state index contributed by atoms with van der Waals surface area (Å²) < 4.78 is 8.23. The second-order valence-electron chi connectivity index (χ2n) is 3.61. The zero-order valence-electron chi connectivity index (χ0n) is 9.56. The van der Waals surface area contributed by atoms with Crippen LogP contribution in [-0.4, -0.2) is 23.2 Å². The number of hydrogen-bond donors (Lipinski definition) is 1. The summed E-state index contributed by atoms with van der Waals surface area (Å²) in [6.45, 7) is 0.610. The fraction of sp³-hybridized carbons (Fsp3) is 0.250. The molecule has 0 saturated heterocycles. The van der Waals surface area contributed by atoms with Gasteiger partial charge in [0.25, 0.3) is 0 Å². The van der Waals surface area contributed by atoms with Gasteiger partial charge in [-0.15, -0.1) is 0 Å². The molecule has 4 nitrogen and oxygen atoms in total. The van der Waals surface area contributed by atoms with Crippen molar-refractivity contribution < 1.29 is 4.74 Å². The Morgan fingerprint density at radius 1 is 1.47 bits per heavy atom. The Hall–Kier alpha value is -1.33. The van der Waals surface area contributed by atoms with Gasteiger partial charge in [0, 0.05) is 24.4 Å². The van der Waals surface area contributed by atoms with Crippen LogP contribution in [0.1, 0.15) is 5.69 Å². The molecule has 0 aliphatic rings. The lowest BCUT2D eigenvalue weighted by atomic mass is 10.2. The minimum atomic E-state index is 0.610. The normalized spacial score (nSPS) is 10.5. The Balaban J connectivity index is 2.42. The molecular weight excluding hydrogens is 282 g/mol. The molecular formula is C12H14BrN3O. The lowest BCUT2D eigenvalue weighted by molar-refractivity contribution is 0.412. The lowest BCUT2D eigenvalue weighted by Crippen LogP contribution is -2.07. The molecule has 17 heavy (non-hydrogen) atoms. The number of methoxy groups -OCH3 is 1. The average Bonchev–Trinajstić information content (AvgIpc) is 2.78. The number of nitrogens with zero attached hydrogens (tertiary/aromatic N) is 2. The van der Waals surface area contributed by atoms with E-state index in [0.717, 1.165) is 28.0 Å². The van der Waals surface area contributed by atoms with Crippen molar-refractivity contribution in [2.75, 3.05) is 13.7 Å². The van der Waals surface area contributed by atoms with Crippen LogP contribution in [-0.2, 0) is 6.42 Å².